The lowest BCUT2D eigenvalue weighted by Crippen LogP contribution is -2.50. The van der Waals surface area contributed by atoms with E-state index in [1.165, 1.54) is 12.1 Å². The number of nitrogens with one attached hydrogen (secondary N) is 1. The van der Waals surface area contributed by atoms with Crippen molar-refractivity contribution in [3.8, 4) is 11.4 Å². The van der Waals surface area contributed by atoms with Crippen LogP contribution in [0.1, 0.15) is 36.6 Å². The number of aromatic nitrogens is 2. The van der Waals surface area contributed by atoms with E-state index in [0.717, 1.165) is 34.8 Å². The minimum absolute atomic E-state index is 0.119. The summed E-state index contributed by atoms with van der Waals surface area (Å²) < 4.78 is 38.9. The number of carbonyl (C=O) groups excluding carboxylic acids is 1. The number of hydrogen-bond acceptors (Lipinski definition) is 4. The number of carbonyl (C=O) groups is 1. The SMILES string of the molecule is Cc1nc(-c2ccccc2)nc(N2CCN(C(=O)Nc3cccc(C(F)(F)F)c3)CC2)c1C(C)C. The monoisotopic (exact) mass is 483 g/mol. The number of anilines is 2. The predicted molar refractivity (Wildman–Crippen MR) is 131 cm³/mol. The van der Waals surface area contributed by atoms with E-state index in [9.17, 15) is 18.0 Å². The van der Waals surface area contributed by atoms with E-state index >= 15 is 0 Å². The van der Waals surface area contributed by atoms with Gasteiger partial charge in [-0.1, -0.05) is 50.2 Å². The van der Waals surface area contributed by atoms with E-state index in [1.807, 2.05) is 37.3 Å². The smallest absolute Gasteiger partial charge is 0.353 e. The van der Waals surface area contributed by atoms with E-state index < -0.39 is 17.8 Å². The summed E-state index contributed by atoms with van der Waals surface area (Å²) in [6, 6.07) is 14.0. The van der Waals surface area contributed by atoms with Crippen LogP contribution in [0.25, 0.3) is 11.4 Å². The van der Waals surface area contributed by atoms with E-state index in [0.29, 0.717) is 32.0 Å². The molecule has 3 aromatic rings. The number of amides is 2. The average Bonchev–Trinajstić information content (AvgIpc) is 2.83. The maximum atomic E-state index is 13.0. The lowest BCUT2D eigenvalue weighted by atomic mass is 10.0. The molecule has 184 valence electrons. The largest absolute Gasteiger partial charge is 0.416 e. The summed E-state index contributed by atoms with van der Waals surface area (Å²) in [6.45, 7) is 8.16. The van der Waals surface area contributed by atoms with Crippen LogP contribution in [0.2, 0.25) is 0 Å². The minimum atomic E-state index is -4.46. The third-order valence-electron chi connectivity index (χ3n) is 6.03. The number of benzene rings is 2. The second kappa shape index (κ2) is 9.93. The Morgan fingerprint density at radius 3 is 2.29 bits per heavy atom. The Morgan fingerprint density at radius 2 is 1.66 bits per heavy atom. The first-order valence-electron chi connectivity index (χ1n) is 11.6. The van der Waals surface area contributed by atoms with Gasteiger partial charge >= 0.3 is 12.2 Å². The minimum Gasteiger partial charge on any atom is -0.353 e. The van der Waals surface area contributed by atoms with Crippen molar-refractivity contribution < 1.29 is 18.0 Å². The standard InChI is InChI=1S/C26H28F3N5O/c1-17(2)22-18(3)30-23(19-8-5-4-6-9-19)32-24(22)33-12-14-34(15-13-33)25(35)31-21-11-7-10-20(16-21)26(27,28)29/h4-11,16-17H,12-15H2,1-3H3,(H,31,35). The molecule has 1 N–H and O–H groups in total. The number of piperazine rings is 1. The van der Waals surface area contributed by atoms with E-state index in [-0.39, 0.29) is 11.6 Å². The first-order valence-corrected chi connectivity index (χ1v) is 11.6. The normalized spacial score (nSPS) is 14.4. The van der Waals surface area contributed by atoms with Crippen LogP contribution in [0.4, 0.5) is 29.5 Å². The van der Waals surface area contributed by atoms with Gasteiger partial charge in [0.25, 0.3) is 0 Å². The van der Waals surface area contributed by atoms with Crippen molar-refractivity contribution in [1.29, 1.82) is 0 Å². The molecule has 1 saturated heterocycles. The Bertz CT molecular complexity index is 1190. The molecule has 1 fully saturated rings. The Hall–Kier alpha value is -3.62. The molecule has 2 heterocycles. The molecule has 0 bridgehead atoms. The predicted octanol–water partition coefficient (Wildman–Crippen LogP) is 5.95. The van der Waals surface area contributed by atoms with Crippen LogP contribution in [0.5, 0.6) is 0 Å². The molecule has 4 rings (SSSR count). The maximum absolute atomic E-state index is 13.0. The van der Waals surface area contributed by atoms with Crippen LogP contribution in [0, 0.1) is 6.92 Å². The van der Waals surface area contributed by atoms with Crippen LogP contribution >= 0.6 is 0 Å². The van der Waals surface area contributed by atoms with Crippen molar-refractivity contribution in [2.45, 2.75) is 32.9 Å². The quantitative estimate of drug-likeness (QED) is 0.498. The molecule has 2 aromatic carbocycles. The summed E-state index contributed by atoms with van der Waals surface area (Å²) >= 11 is 0. The lowest BCUT2D eigenvalue weighted by molar-refractivity contribution is -0.137. The Balaban J connectivity index is 1.49. The highest BCUT2D eigenvalue weighted by atomic mass is 19.4. The third kappa shape index (κ3) is 5.55. The van der Waals surface area contributed by atoms with Crippen LogP contribution in [0.3, 0.4) is 0 Å². The highest BCUT2D eigenvalue weighted by Gasteiger charge is 2.31. The molecule has 0 atom stereocenters. The highest BCUT2D eigenvalue weighted by molar-refractivity contribution is 5.89. The molecular formula is C26H28F3N5O. The molecule has 2 amide bonds. The van der Waals surface area contributed by atoms with Gasteiger partial charge in [0.2, 0.25) is 0 Å². The number of alkyl halides is 3. The number of nitrogens with zero attached hydrogens (tertiary/aromatic N) is 4. The zero-order valence-corrected chi connectivity index (χ0v) is 19.9. The van der Waals surface area contributed by atoms with E-state index in [2.05, 4.69) is 24.1 Å². The second-order valence-electron chi connectivity index (χ2n) is 8.87. The van der Waals surface area contributed by atoms with Gasteiger partial charge in [-0.05, 0) is 31.0 Å². The molecule has 1 aliphatic rings. The van der Waals surface area contributed by atoms with Gasteiger partial charge in [0.1, 0.15) is 5.82 Å². The molecular weight excluding hydrogens is 455 g/mol. The van der Waals surface area contributed by atoms with E-state index in [4.69, 9.17) is 9.97 Å². The van der Waals surface area contributed by atoms with Crippen LogP contribution in [-0.2, 0) is 6.18 Å². The molecule has 6 nitrogen and oxygen atoms in total. The molecule has 0 saturated carbocycles. The van der Waals surface area contributed by atoms with Crippen LogP contribution in [-0.4, -0.2) is 47.1 Å². The van der Waals surface area contributed by atoms with E-state index in [1.54, 1.807) is 4.90 Å². The number of aryl methyl sites for hydroxylation is 1. The summed E-state index contributed by atoms with van der Waals surface area (Å²) in [7, 11) is 0. The molecule has 0 aliphatic carbocycles. The molecule has 35 heavy (non-hydrogen) atoms. The summed E-state index contributed by atoms with van der Waals surface area (Å²) in [6.07, 6.45) is -4.46. The first kappa shape index (κ1) is 24.5. The van der Waals surface area contributed by atoms with Crippen molar-refractivity contribution in [3.63, 3.8) is 0 Å². The van der Waals surface area contributed by atoms with Gasteiger partial charge in [0.05, 0.1) is 5.56 Å². The summed E-state index contributed by atoms with van der Waals surface area (Å²) in [5.41, 5.74) is 2.26. The lowest BCUT2D eigenvalue weighted by Gasteiger charge is -2.37. The molecule has 0 unspecified atom stereocenters. The fourth-order valence-electron chi connectivity index (χ4n) is 4.30. The second-order valence-corrected chi connectivity index (χ2v) is 8.87. The van der Waals surface area contributed by atoms with Crippen molar-refractivity contribution in [2.75, 3.05) is 36.4 Å². The molecule has 1 aromatic heterocycles. The van der Waals surface area contributed by atoms with Gasteiger partial charge in [0, 0.05) is 48.7 Å². The Labute approximate surface area is 202 Å². The Kier molecular flexibility index (Phi) is 6.95. The average molecular weight is 484 g/mol. The van der Waals surface area contributed by atoms with Crippen molar-refractivity contribution in [2.24, 2.45) is 0 Å². The molecule has 1 aliphatic heterocycles. The third-order valence-corrected chi connectivity index (χ3v) is 6.03. The van der Waals surface area contributed by atoms with Crippen LogP contribution < -0.4 is 10.2 Å². The van der Waals surface area contributed by atoms with Crippen LogP contribution in [0.15, 0.2) is 54.6 Å². The van der Waals surface area contributed by atoms with Gasteiger partial charge in [0.15, 0.2) is 5.82 Å². The number of hydrogen-bond donors (Lipinski definition) is 1. The fourth-order valence-corrected chi connectivity index (χ4v) is 4.30. The van der Waals surface area contributed by atoms with Gasteiger partial charge in [-0.3, -0.25) is 0 Å². The zero-order chi connectivity index (χ0) is 25.2. The fraction of sp³-hybridized carbons (Fsp3) is 0.346. The van der Waals surface area contributed by atoms with Crippen molar-refractivity contribution >= 4 is 17.5 Å². The number of rotatable bonds is 4. The number of halogens is 3. The molecule has 0 spiro atoms. The molecule has 9 heteroatoms. The molecule has 0 radical (unpaired) electrons. The highest BCUT2D eigenvalue weighted by Crippen LogP contribution is 2.32. The summed E-state index contributed by atoms with van der Waals surface area (Å²) in [4.78, 5) is 26.1. The Morgan fingerprint density at radius 1 is 0.971 bits per heavy atom. The van der Waals surface area contributed by atoms with Gasteiger partial charge < -0.3 is 15.1 Å². The summed E-state index contributed by atoms with van der Waals surface area (Å²) in [5.74, 6) is 1.74. The first-order chi connectivity index (χ1) is 16.6. The van der Waals surface area contributed by atoms with Gasteiger partial charge in [-0.25, -0.2) is 14.8 Å². The maximum Gasteiger partial charge on any atom is 0.416 e. The van der Waals surface area contributed by atoms with Gasteiger partial charge in [-0.15, -0.1) is 0 Å². The zero-order valence-electron chi connectivity index (χ0n) is 19.9. The van der Waals surface area contributed by atoms with Crippen molar-refractivity contribution in [1.82, 2.24) is 14.9 Å². The summed E-state index contributed by atoms with van der Waals surface area (Å²) in [5, 5.41) is 2.59. The topological polar surface area (TPSA) is 61.4 Å². The van der Waals surface area contributed by atoms with Gasteiger partial charge in [-0.2, -0.15) is 13.2 Å². The van der Waals surface area contributed by atoms with Crippen molar-refractivity contribution in [3.05, 3.63) is 71.4 Å². The number of urea groups is 1.